The zero-order chi connectivity index (χ0) is 20.9. The molecule has 3 aromatic carbocycles. The molecule has 4 rings (SSSR count). The number of ether oxygens (including phenoxy) is 2. The van der Waals surface area contributed by atoms with E-state index in [1.54, 1.807) is 6.07 Å². The minimum Gasteiger partial charge on any atom is -0.486 e. The highest BCUT2D eigenvalue weighted by Gasteiger charge is 2.22. The molecule has 0 spiro atoms. The summed E-state index contributed by atoms with van der Waals surface area (Å²) < 4.78 is 12.0. The number of hydrogen-bond acceptors (Lipinski definition) is 4. The van der Waals surface area contributed by atoms with Crippen molar-refractivity contribution in [3.05, 3.63) is 88.4 Å². The summed E-state index contributed by atoms with van der Waals surface area (Å²) in [6.07, 6.45) is 0. The van der Waals surface area contributed by atoms with Crippen molar-refractivity contribution in [1.82, 2.24) is 4.90 Å². The van der Waals surface area contributed by atoms with Crippen LogP contribution in [0.15, 0.2) is 77.3 Å². The van der Waals surface area contributed by atoms with Crippen LogP contribution in [0.3, 0.4) is 0 Å². The van der Waals surface area contributed by atoms with Crippen molar-refractivity contribution in [3.63, 3.8) is 0 Å². The van der Waals surface area contributed by atoms with Gasteiger partial charge in [0.05, 0.1) is 18.3 Å². The molecule has 154 valence electrons. The van der Waals surface area contributed by atoms with E-state index in [9.17, 15) is 4.79 Å². The van der Waals surface area contributed by atoms with Gasteiger partial charge in [-0.1, -0.05) is 60.7 Å². The zero-order valence-electron chi connectivity index (χ0n) is 16.7. The van der Waals surface area contributed by atoms with Crippen LogP contribution in [-0.4, -0.2) is 37.6 Å². The SMILES string of the molecule is CN(CC(=O)Nc1cc2c(cc1Br)OCCO2)C(c1ccccc1)c1ccccc1. The van der Waals surface area contributed by atoms with E-state index in [-0.39, 0.29) is 18.5 Å². The van der Waals surface area contributed by atoms with E-state index in [0.29, 0.717) is 30.4 Å². The van der Waals surface area contributed by atoms with Crippen LogP contribution in [0.2, 0.25) is 0 Å². The number of benzene rings is 3. The maximum atomic E-state index is 12.9. The van der Waals surface area contributed by atoms with Gasteiger partial charge >= 0.3 is 0 Å². The number of carbonyl (C=O) groups excluding carboxylic acids is 1. The third-order valence-corrected chi connectivity index (χ3v) is 5.63. The predicted molar refractivity (Wildman–Crippen MR) is 121 cm³/mol. The Morgan fingerprint density at radius 2 is 1.50 bits per heavy atom. The maximum Gasteiger partial charge on any atom is 0.238 e. The standard InChI is InChI=1S/C24H23BrN2O3/c1-27(24(17-8-4-2-5-9-17)18-10-6-3-7-11-18)16-23(28)26-20-15-22-21(14-19(20)25)29-12-13-30-22/h2-11,14-15,24H,12-13,16H2,1H3,(H,26,28). The Labute approximate surface area is 184 Å². The lowest BCUT2D eigenvalue weighted by Crippen LogP contribution is -2.34. The second-order valence-electron chi connectivity index (χ2n) is 7.16. The fourth-order valence-corrected chi connectivity index (χ4v) is 4.06. The van der Waals surface area contributed by atoms with Gasteiger partial charge in [0.2, 0.25) is 5.91 Å². The maximum absolute atomic E-state index is 12.9. The van der Waals surface area contributed by atoms with Crippen molar-refractivity contribution in [1.29, 1.82) is 0 Å². The summed E-state index contributed by atoms with van der Waals surface area (Å²) in [5.74, 6) is 1.21. The number of nitrogens with one attached hydrogen (secondary N) is 1. The molecule has 5 nitrogen and oxygen atoms in total. The molecule has 0 bridgehead atoms. The lowest BCUT2D eigenvalue weighted by molar-refractivity contribution is -0.117. The minimum absolute atomic E-state index is 0.0261. The first-order valence-corrected chi connectivity index (χ1v) is 10.6. The van der Waals surface area contributed by atoms with Crippen LogP contribution in [0, 0.1) is 0 Å². The summed E-state index contributed by atoms with van der Waals surface area (Å²) >= 11 is 3.51. The number of rotatable bonds is 6. The fraction of sp³-hybridized carbons (Fsp3) is 0.208. The Kier molecular flexibility index (Phi) is 6.35. The Hall–Kier alpha value is -2.83. The first kappa shape index (κ1) is 20.4. The second-order valence-corrected chi connectivity index (χ2v) is 8.02. The molecular weight excluding hydrogens is 444 g/mol. The van der Waals surface area contributed by atoms with Crippen LogP contribution < -0.4 is 14.8 Å². The van der Waals surface area contributed by atoms with Crippen molar-refractivity contribution in [3.8, 4) is 11.5 Å². The summed E-state index contributed by atoms with van der Waals surface area (Å²) in [5, 5.41) is 2.99. The normalized spacial score (nSPS) is 12.8. The van der Waals surface area contributed by atoms with Crippen LogP contribution in [0.1, 0.15) is 17.2 Å². The first-order chi connectivity index (χ1) is 14.6. The highest BCUT2D eigenvalue weighted by Crippen LogP contribution is 2.38. The Balaban J connectivity index is 1.51. The van der Waals surface area contributed by atoms with Crippen LogP contribution >= 0.6 is 15.9 Å². The number of halogens is 1. The van der Waals surface area contributed by atoms with E-state index >= 15 is 0 Å². The number of nitrogens with zero attached hydrogens (tertiary/aromatic N) is 1. The van der Waals surface area contributed by atoms with Crippen LogP contribution in [0.4, 0.5) is 5.69 Å². The van der Waals surface area contributed by atoms with Gasteiger partial charge in [-0.2, -0.15) is 0 Å². The number of likely N-dealkylation sites (N-methyl/N-ethyl adjacent to an activating group) is 1. The van der Waals surface area contributed by atoms with Gasteiger partial charge in [0.1, 0.15) is 13.2 Å². The summed E-state index contributed by atoms with van der Waals surface area (Å²) in [5.41, 5.74) is 2.94. The molecule has 0 saturated heterocycles. The molecule has 1 aliphatic heterocycles. The number of carbonyl (C=O) groups is 1. The molecule has 3 aromatic rings. The summed E-state index contributed by atoms with van der Waals surface area (Å²) in [4.78, 5) is 14.9. The summed E-state index contributed by atoms with van der Waals surface area (Å²) in [6.45, 7) is 1.26. The number of anilines is 1. The molecule has 0 fully saturated rings. The van der Waals surface area contributed by atoms with E-state index in [2.05, 4.69) is 45.5 Å². The molecule has 1 amide bonds. The number of amides is 1. The average molecular weight is 467 g/mol. The molecule has 0 aliphatic carbocycles. The molecule has 30 heavy (non-hydrogen) atoms. The summed E-state index contributed by atoms with van der Waals surface area (Å²) in [7, 11) is 1.96. The monoisotopic (exact) mass is 466 g/mol. The largest absolute Gasteiger partial charge is 0.486 e. The molecule has 1 N–H and O–H groups in total. The van der Waals surface area contributed by atoms with Gasteiger partial charge in [-0.15, -0.1) is 0 Å². The Morgan fingerprint density at radius 3 is 2.07 bits per heavy atom. The number of hydrogen-bond donors (Lipinski definition) is 1. The molecule has 0 radical (unpaired) electrons. The topological polar surface area (TPSA) is 50.8 Å². The highest BCUT2D eigenvalue weighted by atomic mass is 79.9. The smallest absolute Gasteiger partial charge is 0.238 e. The molecule has 0 atom stereocenters. The fourth-order valence-electron chi connectivity index (χ4n) is 3.64. The quantitative estimate of drug-likeness (QED) is 0.562. The zero-order valence-corrected chi connectivity index (χ0v) is 18.3. The molecule has 0 aromatic heterocycles. The highest BCUT2D eigenvalue weighted by molar-refractivity contribution is 9.10. The Morgan fingerprint density at radius 1 is 0.967 bits per heavy atom. The lowest BCUT2D eigenvalue weighted by Gasteiger charge is -2.28. The van der Waals surface area contributed by atoms with Gasteiger partial charge in [-0.05, 0) is 34.1 Å². The van der Waals surface area contributed by atoms with Gasteiger partial charge in [0.15, 0.2) is 11.5 Å². The van der Waals surface area contributed by atoms with Gasteiger partial charge in [0, 0.05) is 16.6 Å². The molecule has 0 saturated carbocycles. The van der Waals surface area contributed by atoms with Gasteiger partial charge < -0.3 is 14.8 Å². The van der Waals surface area contributed by atoms with E-state index in [1.807, 2.05) is 54.4 Å². The van der Waals surface area contributed by atoms with Crippen molar-refractivity contribution in [2.24, 2.45) is 0 Å². The third kappa shape index (κ3) is 4.66. The lowest BCUT2D eigenvalue weighted by atomic mass is 9.97. The average Bonchev–Trinajstić information content (AvgIpc) is 2.76. The predicted octanol–water partition coefficient (Wildman–Crippen LogP) is 4.88. The Bertz CT molecular complexity index is 972. The van der Waals surface area contributed by atoms with E-state index < -0.39 is 0 Å². The van der Waals surface area contributed by atoms with Crippen LogP contribution in [0.25, 0.3) is 0 Å². The third-order valence-electron chi connectivity index (χ3n) is 4.97. The molecule has 6 heteroatoms. The van der Waals surface area contributed by atoms with Crippen LogP contribution in [-0.2, 0) is 4.79 Å². The van der Waals surface area contributed by atoms with Crippen molar-refractivity contribution < 1.29 is 14.3 Å². The molecule has 1 aliphatic rings. The summed E-state index contributed by atoms with van der Waals surface area (Å²) in [6, 6.07) is 24.0. The van der Waals surface area contributed by atoms with E-state index in [1.165, 1.54) is 0 Å². The molecule has 1 heterocycles. The van der Waals surface area contributed by atoms with Crippen molar-refractivity contribution >= 4 is 27.5 Å². The van der Waals surface area contributed by atoms with Gasteiger partial charge in [0.25, 0.3) is 0 Å². The second kappa shape index (κ2) is 9.32. The van der Waals surface area contributed by atoms with Crippen molar-refractivity contribution in [2.75, 3.05) is 32.1 Å². The van der Waals surface area contributed by atoms with E-state index in [0.717, 1.165) is 15.6 Å². The van der Waals surface area contributed by atoms with Gasteiger partial charge in [-0.3, -0.25) is 9.69 Å². The van der Waals surface area contributed by atoms with Gasteiger partial charge in [-0.25, -0.2) is 0 Å². The van der Waals surface area contributed by atoms with Crippen molar-refractivity contribution in [2.45, 2.75) is 6.04 Å². The molecular formula is C24H23BrN2O3. The first-order valence-electron chi connectivity index (χ1n) is 9.81. The molecule has 0 unspecified atom stereocenters. The minimum atomic E-state index is -0.105. The van der Waals surface area contributed by atoms with E-state index in [4.69, 9.17) is 9.47 Å². The van der Waals surface area contributed by atoms with Crippen LogP contribution in [0.5, 0.6) is 11.5 Å². The number of fused-ring (bicyclic) bond motifs is 1.